The van der Waals surface area contributed by atoms with Gasteiger partial charge in [-0.15, -0.1) is 0 Å². The molecule has 1 saturated heterocycles. The molecule has 0 aromatic heterocycles. The first-order valence-electron chi connectivity index (χ1n) is 10.1. The molecule has 2 aliphatic rings. The van der Waals surface area contributed by atoms with E-state index in [1.165, 1.54) is 16.8 Å². The van der Waals surface area contributed by atoms with Crippen LogP contribution in [0.4, 0.5) is 13.2 Å². The summed E-state index contributed by atoms with van der Waals surface area (Å²) in [5.74, 6) is 0.131. The van der Waals surface area contributed by atoms with Gasteiger partial charge in [0.15, 0.2) is 0 Å². The average Bonchev–Trinajstić information content (AvgIpc) is 2.69. The van der Waals surface area contributed by atoms with E-state index in [2.05, 4.69) is 12.2 Å². The summed E-state index contributed by atoms with van der Waals surface area (Å²) < 4.78 is 65.4. The predicted octanol–water partition coefficient (Wildman–Crippen LogP) is 3.80. The SMILES string of the molecule is CC1CCCCC1NC(=O)C1CCN(S(=O)(=O)c2cccc(C(F)(F)F)c2)CC1. The number of hydrogen-bond donors (Lipinski definition) is 1. The number of benzene rings is 1. The molecule has 1 amide bonds. The van der Waals surface area contributed by atoms with Gasteiger partial charge in [-0.3, -0.25) is 4.79 Å². The summed E-state index contributed by atoms with van der Waals surface area (Å²) in [6.45, 7) is 2.38. The molecular weight excluding hydrogens is 405 g/mol. The van der Waals surface area contributed by atoms with Gasteiger partial charge in [0.1, 0.15) is 0 Å². The lowest BCUT2D eigenvalue weighted by molar-refractivity contribution is -0.137. The van der Waals surface area contributed by atoms with Crippen LogP contribution in [0.5, 0.6) is 0 Å². The molecule has 29 heavy (non-hydrogen) atoms. The van der Waals surface area contributed by atoms with Crippen molar-refractivity contribution in [3.63, 3.8) is 0 Å². The Labute approximate surface area is 169 Å². The Balaban J connectivity index is 1.62. The first kappa shape index (κ1) is 22.1. The van der Waals surface area contributed by atoms with E-state index in [9.17, 15) is 26.4 Å². The van der Waals surface area contributed by atoms with Gasteiger partial charge in [0.05, 0.1) is 10.5 Å². The molecule has 2 fully saturated rings. The highest BCUT2D eigenvalue weighted by Gasteiger charge is 2.36. The molecule has 1 aliphatic heterocycles. The second-order valence-corrected chi connectivity index (χ2v) is 10.0. The van der Waals surface area contributed by atoms with Crippen molar-refractivity contribution in [2.45, 2.75) is 62.6 Å². The monoisotopic (exact) mass is 432 g/mol. The third-order valence-electron chi connectivity index (χ3n) is 6.06. The largest absolute Gasteiger partial charge is 0.416 e. The molecule has 2 unspecified atom stereocenters. The fourth-order valence-electron chi connectivity index (χ4n) is 4.17. The highest BCUT2D eigenvalue weighted by molar-refractivity contribution is 7.89. The number of halogens is 3. The molecule has 5 nitrogen and oxygen atoms in total. The number of carbonyl (C=O) groups is 1. The lowest BCUT2D eigenvalue weighted by Crippen LogP contribution is -2.47. The number of amides is 1. The maximum Gasteiger partial charge on any atom is 0.416 e. The highest BCUT2D eigenvalue weighted by Crippen LogP contribution is 2.32. The summed E-state index contributed by atoms with van der Waals surface area (Å²) in [7, 11) is -4.03. The zero-order chi connectivity index (χ0) is 21.2. The van der Waals surface area contributed by atoms with Gasteiger partial charge in [-0.2, -0.15) is 17.5 Å². The third kappa shape index (κ3) is 5.12. The van der Waals surface area contributed by atoms with Crippen LogP contribution < -0.4 is 5.32 Å². The maximum atomic E-state index is 12.9. The zero-order valence-electron chi connectivity index (χ0n) is 16.4. The van der Waals surface area contributed by atoms with Crippen molar-refractivity contribution in [1.29, 1.82) is 0 Å². The predicted molar refractivity (Wildman–Crippen MR) is 102 cm³/mol. The van der Waals surface area contributed by atoms with Gasteiger partial charge in [-0.25, -0.2) is 8.42 Å². The minimum atomic E-state index is -4.60. The number of alkyl halides is 3. The molecule has 1 aromatic carbocycles. The molecule has 1 heterocycles. The second kappa shape index (κ2) is 8.63. The Morgan fingerprint density at radius 2 is 1.76 bits per heavy atom. The average molecular weight is 433 g/mol. The molecule has 162 valence electrons. The summed E-state index contributed by atoms with van der Waals surface area (Å²) >= 11 is 0. The summed E-state index contributed by atoms with van der Waals surface area (Å²) in [6.07, 6.45) is 0.472. The van der Waals surface area contributed by atoms with Crippen LogP contribution in [-0.4, -0.2) is 37.8 Å². The van der Waals surface area contributed by atoms with Crippen LogP contribution in [0.15, 0.2) is 29.2 Å². The van der Waals surface area contributed by atoms with Crippen molar-refractivity contribution in [2.75, 3.05) is 13.1 Å². The molecule has 2 atom stereocenters. The Morgan fingerprint density at radius 3 is 2.38 bits per heavy atom. The zero-order valence-corrected chi connectivity index (χ0v) is 17.2. The Bertz CT molecular complexity index is 834. The maximum absolute atomic E-state index is 12.9. The van der Waals surface area contributed by atoms with Gasteiger partial charge >= 0.3 is 6.18 Å². The summed E-state index contributed by atoms with van der Waals surface area (Å²) in [5, 5.41) is 3.12. The Morgan fingerprint density at radius 1 is 1.10 bits per heavy atom. The van der Waals surface area contributed by atoms with Gasteiger partial charge in [0.2, 0.25) is 15.9 Å². The number of hydrogen-bond acceptors (Lipinski definition) is 3. The highest BCUT2D eigenvalue weighted by atomic mass is 32.2. The van der Waals surface area contributed by atoms with E-state index in [0.717, 1.165) is 31.4 Å². The Kier molecular flexibility index (Phi) is 6.57. The standard InChI is InChI=1S/C20H27F3N2O3S/c1-14-5-2-3-8-18(14)24-19(26)15-9-11-25(12-10-15)29(27,28)17-7-4-6-16(13-17)20(21,22)23/h4,6-7,13-15,18H,2-3,5,8-12H2,1H3,(H,24,26). The van der Waals surface area contributed by atoms with Crippen LogP contribution in [0.3, 0.4) is 0 Å². The van der Waals surface area contributed by atoms with Crippen LogP contribution in [0.1, 0.15) is 51.0 Å². The van der Waals surface area contributed by atoms with E-state index in [0.29, 0.717) is 24.8 Å². The molecule has 9 heteroatoms. The number of nitrogens with zero attached hydrogens (tertiary/aromatic N) is 1. The van der Waals surface area contributed by atoms with Crippen LogP contribution in [-0.2, 0) is 21.0 Å². The van der Waals surface area contributed by atoms with E-state index in [4.69, 9.17) is 0 Å². The van der Waals surface area contributed by atoms with Gasteiger partial charge in [0, 0.05) is 25.0 Å². The smallest absolute Gasteiger partial charge is 0.353 e. The second-order valence-electron chi connectivity index (χ2n) is 8.08. The van der Waals surface area contributed by atoms with Gasteiger partial charge in [0.25, 0.3) is 0 Å². The Hall–Kier alpha value is -1.61. The molecule has 1 saturated carbocycles. The van der Waals surface area contributed by atoms with E-state index < -0.39 is 21.8 Å². The molecule has 3 rings (SSSR count). The minimum absolute atomic E-state index is 0.0418. The summed E-state index contributed by atoms with van der Waals surface area (Å²) in [5.41, 5.74) is -0.991. The first-order valence-corrected chi connectivity index (χ1v) is 11.5. The lowest BCUT2D eigenvalue weighted by atomic mass is 9.85. The van der Waals surface area contributed by atoms with E-state index in [1.807, 2.05) is 0 Å². The van der Waals surface area contributed by atoms with Crippen molar-refractivity contribution in [3.8, 4) is 0 Å². The van der Waals surface area contributed by atoms with Crippen LogP contribution in [0, 0.1) is 11.8 Å². The fourth-order valence-corrected chi connectivity index (χ4v) is 5.69. The molecular formula is C20H27F3N2O3S. The third-order valence-corrected chi connectivity index (χ3v) is 7.96. The summed E-state index contributed by atoms with van der Waals surface area (Å²) in [4.78, 5) is 12.2. The molecule has 0 radical (unpaired) electrons. The molecule has 1 aromatic rings. The van der Waals surface area contributed by atoms with Crippen LogP contribution in [0.2, 0.25) is 0 Å². The van der Waals surface area contributed by atoms with Crippen molar-refractivity contribution < 1.29 is 26.4 Å². The quantitative estimate of drug-likeness (QED) is 0.787. The van der Waals surface area contributed by atoms with Crippen molar-refractivity contribution in [1.82, 2.24) is 9.62 Å². The normalized spacial score (nSPS) is 25.0. The van der Waals surface area contributed by atoms with Crippen LogP contribution in [0.25, 0.3) is 0 Å². The van der Waals surface area contributed by atoms with Crippen molar-refractivity contribution in [2.24, 2.45) is 11.8 Å². The number of piperidine rings is 1. The number of sulfonamides is 1. The fraction of sp³-hybridized carbons (Fsp3) is 0.650. The van der Waals surface area contributed by atoms with Gasteiger partial charge in [-0.1, -0.05) is 25.8 Å². The topological polar surface area (TPSA) is 66.5 Å². The van der Waals surface area contributed by atoms with Crippen LogP contribution >= 0.6 is 0 Å². The molecule has 1 aliphatic carbocycles. The number of carbonyl (C=O) groups excluding carboxylic acids is 1. The molecule has 0 bridgehead atoms. The van der Waals surface area contributed by atoms with Gasteiger partial charge in [-0.05, 0) is 49.8 Å². The summed E-state index contributed by atoms with van der Waals surface area (Å²) in [6, 6.07) is 3.96. The lowest BCUT2D eigenvalue weighted by Gasteiger charge is -2.34. The van der Waals surface area contributed by atoms with E-state index >= 15 is 0 Å². The number of rotatable bonds is 4. The van der Waals surface area contributed by atoms with E-state index in [-0.39, 0.29) is 35.9 Å². The van der Waals surface area contributed by atoms with Gasteiger partial charge < -0.3 is 5.32 Å². The number of nitrogens with one attached hydrogen (secondary N) is 1. The molecule has 1 N–H and O–H groups in total. The molecule has 0 spiro atoms. The minimum Gasteiger partial charge on any atom is -0.353 e. The van der Waals surface area contributed by atoms with E-state index in [1.54, 1.807) is 0 Å². The van der Waals surface area contributed by atoms with Crippen molar-refractivity contribution in [3.05, 3.63) is 29.8 Å². The van der Waals surface area contributed by atoms with Crippen molar-refractivity contribution >= 4 is 15.9 Å². The first-order chi connectivity index (χ1) is 13.6.